The standard InChI is InChI=1S/C19H26FN3O2S/c1-19(2,3)26(24,25)23-16-9-7-13(8-10-16)17-12-18(22-21-17)14-5-4-6-15(20)11-14/h4-6,11-13,16,23H,7-10H2,1-3H3,(H,21,22)/t13-,16-. The molecule has 0 spiro atoms. The van der Waals surface area contributed by atoms with Crippen LogP contribution in [0.25, 0.3) is 11.3 Å². The van der Waals surface area contributed by atoms with Crippen LogP contribution in [-0.4, -0.2) is 29.4 Å². The zero-order valence-corrected chi connectivity index (χ0v) is 16.2. The zero-order valence-electron chi connectivity index (χ0n) is 15.4. The van der Waals surface area contributed by atoms with Crippen LogP contribution in [0.1, 0.15) is 58.1 Å². The molecule has 2 aromatic rings. The van der Waals surface area contributed by atoms with Crippen LogP contribution in [0.15, 0.2) is 30.3 Å². The number of rotatable bonds is 4. The predicted molar refractivity (Wildman–Crippen MR) is 101 cm³/mol. The number of halogens is 1. The van der Waals surface area contributed by atoms with E-state index < -0.39 is 14.8 Å². The maximum atomic E-state index is 13.4. The normalized spacial score (nSPS) is 21.7. The number of hydrogen-bond donors (Lipinski definition) is 2. The van der Waals surface area contributed by atoms with Crippen molar-refractivity contribution in [2.45, 2.75) is 63.2 Å². The van der Waals surface area contributed by atoms with Crippen molar-refractivity contribution in [3.8, 4) is 11.3 Å². The van der Waals surface area contributed by atoms with Crippen molar-refractivity contribution < 1.29 is 12.8 Å². The highest BCUT2D eigenvalue weighted by Gasteiger charge is 2.33. The van der Waals surface area contributed by atoms with Gasteiger partial charge in [-0.05, 0) is 64.7 Å². The van der Waals surface area contributed by atoms with Gasteiger partial charge in [-0.3, -0.25) is 5.10 Å². The Balaban J connectivity index is 1.62. The summed E-state index contributed by atoms with van der Waals surface area (Å²) in [4.78, 5) is 0. The fourth-order valence-corrected chi connectivity index (χ4v) is 4.29. The van der Waals surface area contributed by atoms with E-state index in [9.17, 15) is 12.8 Å². The Kier molecular flexibility index (Phi) is 5.21. The van der Waals surface area contributed by atoms with Crippen LogP contribution in [0.4, 0.5) is 4.39 Å². The first-order valence-corrected chi connectivity index (χ1v) is 10.5. The molecular weight excluding hydrogens is 353 g/mol. The van der Waals surface area contributed by atoms with Crippen LogP contribution >= 0.6 is 0 Å². The van der Waals surface area contributed by atoms with Gasteiger partial charge in [0.25, 0.3) is 0 Å². The highest BCUT2D eigenvalue weighted by molar-refractivity contribution is 7.90. The van der Waals surface area contributed by atoms with Crippen LogP contribution in [0.2, 0.25) is 0 Å². The number of nitrogens with zero attached hydrogens (tertiary/aromatic N) is 1. The summed E-state index contributed by atoms with van der Waals surface area (Å²) in [5, 5.41) is 7.38. The molecular formula is C19H26FN3O2S. The van der Waals surface area contributed by atoms with Crippen LogP contribution < -0.4 is 4.72 Å². The van der Waals surface area contributed by atoms with Gasteiger partial charge in [-0.1, -0.05) is 12.1 Å². The first kappa shape index (κ1) is 19.0. The molecule has 0 aliphatic heterocycles. The predicted octanol–water partition coefficient (Wildman–Crippen LogP) is 3.96. The first-order valence-electron chi connectivity index (χ1n) is 8.99. The lowest BCUT2D eigenvalue weighted by molar-refractivity contribution is 0.367. The topological polar surface area (TPSA) is 74.8 Å². The van der Waals surface area contributed by atoms with E-state index in [-0.39, 0.29) is 11.9 Å². The molecule has 0 atom stereocenters. The smallest absolute Gasteiger partial charge is 0.216 e. The highest BCUT2D eigenvalue weighted by Crippen LogP contribution is 2.34. The lowest BCUT2D eigenvalue weighted by Crippen LogP contribution is -2.45. The molecule has 26 heavy (non-hydrogen) atoms. The lowest BCUT2D eigenvalue weighted by atomic mass is 9.84. The zero-order chi connectivity index (χ0) is 18.9. The molecule has 5 nitrogen and oxygen atoms in total. The molecule has 1 aliphatic carbocycles. The van der Waals surface area contributed by atoms with Crippen molar-refractivity contribution in [2.75, 3.05) is 0 Å². The number of sulfonamides is 1. The van der Waals surface area contributed by atoms with E-state index in [1.54, 1.807) is 26.8 Å². The van der Waals surface area contributed by atoms with E-state index in [4.69, 9.17) is 0 Å². The van der Waals surface area contributed by atoms with Crippen molar-refractivity contribution >= 4 is 10.0 Å². The van der Waals surface area contributed by atoms with E-state index in [1.165, 1.54) is 12.1 Å². The van der Waals surface area contributed by atoms with Crippen LogP contribution in [0.3, 0.4) is 0 Å². The third kappa shape index (κ3) is 4.15. The number of aromatic nitrogens is 2. The van der Waals surface area contributed by atoms with Gasteiger partial charge < -0.3 is 0 Å². The van der Waals surface area contributed by atoms with Crippen molar-refractivity contribution in [1.82, 2.24) is 14.9 Å². The Morgan fingerprint density at radius 3 is 2.46 bits per heavy atom. The Morgan fingerprint density at radius 2 is 1.85 bits per heavy atom. The van der Waals surface area contributed by atoms with Gasteiger partial charge in [-0.15, -0.1) is 0 Å². The van der Waals surface area contributed by atoms with E-state index >= 15 is 0 Å². The van der Waals surface area contributed by atoms with E-state index in [0.717, 1.165) is 42.6 Å². The summed E-state index contributed by atoms with van der Waals surface area (Å²) in [7, 11) is -3.32. The molecule has 0 bridgehead atoms. The minimum absolute atomic E-state index is 0.0129. The van der Waals surface area contributed by atoms with Crippen molar-refractivity contribution in [3.63, 3.8) is 0 Å². The third-order valence-electron chi connectivity index (χ3n) is 5.01. The molecule has 0 amide bonds. The van der Waals surface area contributed by atoms with Gasteiger partial charge in [0.05, 0.1) is 10.4 Å². The Morgan fingerprint density at radius 1 is 1.15 bits per heavy atom. The number of H-pyrrole nitrogens is 1. The Labute approximate surface area is 154 Å². The minimum Gasteiger partial charge on any atom is -0.282 e. The summed E-state index contributed by atoms with van der Waals surface area (Å²) < 4.78 is 40.0. The summed E-state index contributed by atoms with van der Waals surface area (Å²) in [5.41, 5.74) is 2.51. The lowest BCUT2D eigenvalue weighted by Gasteiger charge is -2.30. The molecule has 1 aliphatic rings. The van der Waals surface area contributed by atoms with E-state index in [0.29, 0.717) is 5.92 Å². The maximum Gasteiger partial charge on any atom is 0.216 e. The Hall–Kier alpha value is -1.73. The van der Waals surface area contributed by atoms with Crippen LogP contribution in [0.5, 0.6) is 0 Å². The quantitative estimate of drug-likeness (QED) is 0.844. The van der Waals surface area contributed by atoms with E-state index in [2.05, 4.69) is 14.9 Å². The number of nitrogens with one attached hydrogen (secondary N) is 2. The SMILES string of the molecule is CC(C)(C)S(=O)(=O)N[C@H]1CC[C@H](c2cc(-c3cccc(F)c3)n[nH]2)CC1. The second kappa shape index (κ2) is 7.12. The van der Waals surface area contributed by atoms with Crippen LogP contribution in [0, 0.1) is 5.82 Å². The monoisotopic (exact) mass is 379 g/mol. The average molecular weight is 380 g/mol. The second-order valence-electron chi connectivity index (χ2n) is 8.00. The first-order chi connectivity index (χ1) is 12.2. The molecule has 1 saturated carbocycles. The molecule has 0 radical (unpaired) electrons. The molecule has 0 unspecified atom stereocenters. The molecule has 7 heteroatoms. The summed E-state index contributed by atoms with van der Waals surface area (Å²) in [6.45, 7) is 5.12. The van der Waals surface area contributed by atoms with E-state index in [1.807, 2.05) is 12.1 Å². The van der Waals surface area contributed by atoms with Gasteiger partial charge in [-0.25, -0.2) is 17.5 Å². The second-order valence-corrected chi connectivity index (χ2v) is 10.5. The van der Waals surface area contributed by atoms with Gasteiger partial charge in [0, 0.05) is 23.2 Å². The Bertz CT molecular complexity index is 863. The fourth-order valence-electron chi connectivity index (χ4n) is 3.26. The summed E-state index contributed by atoms with van der Waals surface area (Å²) in [6.07, 6.45) is 3.38. The number of hydrogen-bond acceptors (Lipinski definition) is 3. The minimum atomic E-state index is -3.32. The van der Waals surface area contributed by atoms with Gasteiger partial charge in [-0.2, -0.15) is 5.10 Å². The van der Waals surface area contributed by atoms with Crippen molar-refractivity contribution in [1.29, 1.82) is 0 Å². The van der Waals surface area contributed by atoms with Crippen molar-refractivity contribution in [2.24, 2.45) is 0 Å². The number of benzene rings is 1. The van der Waals surface area contributed by atoms with Crippen LogP contribution in [-0.2, 0) is 10.0 Å². The molecule has 142 valence electrons. The van der Waals surface area contributed by atoms with Crippen molar-refractivity contribution in [3.05, 3.63) is 41.8 Å². The molecule has 0 saturated heterocycles. The highest BCUT2D eigenvalue weighted by atomic mass is 32.2. The van der Waals surface area contributed by atoms with Gasteiger partial charge in [0.2, 0.25) is 10.0 Å². The summed E-state index contributed by atoms with van der Waals surface area (Å²) >= 11 is 0. The summed E-state index contributed by atoms with van der Waals surface area (Å²) in [5.74, 6) is 0.0406. The molecule has 1 fully saturated rings. The average Bonchev–Trinajstić information content (AvgIpc) is 3.04. The van der Waals surface area contributed by atoms with Gasteiger partial charge in [0.1, 0.15) is 5.82 Å². The third-order valence-corrected chi connectivity index (χ3v) is 7.27. The molecule has 3 rings (SSSR count). The molecule has 2 N–H and O–H groups in total. The largest absolute Gasteiger partial charge is 0.282 e. The maximum absolute atomic E-state index is 13.4. The number of aromatic amines is 1. The molecule has 1 aromatic carbocycles. The fraction of sp³-hybridized carbons (Fsp3) is 0.526. The molecule has 1 aromatic heterocycles. The van der Waals surface area contributed by atoms with Gasteiger partial charge in [0.15, 0.2) is 0 Å². The molecule has 1 heterocycles. The van der Waals surface area contributed by atoms with Gasteiger partial charge >= 0.3 is 0 Å². The summed E-state index contributed by atoms with van der Waals surface area (Å²) in [6, 6.07) is 8.35.